The van der Waals surface area contributed by atoms with Gasteiger partial charge in [-0.3, -0.25) is 0 Å². The van der Waals surface area contributed by atoms with Crippen molar-refractivity contribution in [1.29, 1.82) is 0 Å². The molecule has 0 aliphatic rings. The predicted molar refractivity (Wildman–Crippen MR) is 90.0 cm³/mol. The zero-order valence-electron chi connectivity index (χ0n) is 14.9. The fourth-order valence-electron chi connectivity index (χ4n) is 2.79. The number of aliphatic hydroxyl groups excluding tert-OH is 1. The van der Waals surface area contributed by atoms with Gasteiger partial charge in [-0.1, -0.05) is 51.9 Å². The Morgan fingerprint density at radius 2 is 1.00 bits per heavy atom. The molecule has 130 valence electrons. The first-order valence-corrected chi connectivity index (χ1v) is 9.05. The first kappa shape index (κ1) is 23.5. The number of hydrogen-bond acceptors (Lipinski definition) is 1. The number of rotatable bonds is 15. The second kappa shape index (κ2) is 16.6. The normalized spacial score (nSPS) is 11.4. The Hall–Kier alpha value is 0.210. The van der Waals surface area contributed by atoms with E-state index in [0.717, 1.165) is 6.42 Å². The van der Waals surface area contributed by atoms with Crippen molar-refractivity contribution >= 4 is 0 Å². The zero-order chi connectivity index (χ0) is 15.1. The molecule has 0 bridgehead atoms. The molecule has 0 atom stereocenters. The SMILES string of the molecule is CCCCCCCCCC[N+](C)(C)CCCCCCO.[Cl-]. The maximum Gasteiger partial charge on any atom is 0.0782 e. The van der Waals surface area contributed by atoms with Crippen molar-refractivity contribution in [3.05, 3.63) is 0 Å². The molecule has 3 heteroatoms. The Balaban J connectivity index is 0. The Labute approximate surface area is 140 Å². The minimum Gasteiger partial charge on any atom is -1.00 e. The molecule has 0 saturated carbocycles. The Kier molecular flexibility index (Phi) is 18.5. The molecule has 0 radical (unpaired) electrons. The average Bonchev–Trinajstić information content (AvgIpc) is 2.41. The Morgan fingerprint density at radius 3 is 1.43 bits per heavy atom. The van der Waals surface area contributed by atoms with E-state index in [1.807, 2.05) is 0 Å². The summed E-state index contributed by atoms with van der Waals surface area (Å²) in [5.74, 6) is 0. The molecule has 2 nitrogen and oxygen atoms in total. The summed E-state index contributed by atoms with van der Waals surface area (Å²) in [5, 5.41) is 8.76. The fraction of sp³-hybridized carbons (Fsp3) is 1.00. The summed E-state index contributed by atoms with van der Waals surface area (Å²) in [4.78, 5) is 0. The van der Waals surface area contributed by atoms with Gasteiger partial charge in [-0.25, -0.2) is 0 Å². The van der Waals surface area contributed by atoms with Gasteiger partial charge in [0.15, 0.2) is 0 Å². The fourth-order valence-corrected chi connectivity index (χ4v) is 2.79. The summed E-state index contributed by atoms with van der Waals surface area (Å²) in [6.07, 6.45) is 16.1. The quantitative estimate of drug-likeness (QED) is 0.360. The zero-order valence-corrected chi connectivity index (χ0v) is 15.6. The highest BCUT2D eigenvalue weighted by Crippen LogP contribution is 2.11. The monoisotopic (exact) mass is 321 g/mol. The molecule has 0 aliphatic heterocycles. The van der Waals surface area contributed by atoms with Crippen molar-refractivity contribution in [2.75, 3.05) is 33.8 Å². The molecule has 0 unspecified atom stereocenters. The maximum atomic E-state index is 8.76. The molecular formula is C18H40ClNO. The Bertz CT molecular complexity index is 198. The van der Waals surface area contributed by atoms with Gasteiger partial charge < -0.3 is 22.0 Å². The minimum absolute atomic E-state index is 0. The van der Waals surface area contributed by atoms with Crippen LogP contribution in [0.25, 0.3) is 0 Å². The highest BCUT2D eigenvalue weighted by Gasteiger charge is 2.13. The molecule has 1 N–H and O–H groups in total. The predicted octanol–water partition coefficient (Wildman–Crippen LogP) is 1.76. The van der Waals surface area contributed by atoms with E-state index in [4.69, 9.17) is 5.11 Å². The lowest BCUT2D eigenvalue weighted by Crippen LogP contribution is -3.00. The molecule has 0 aromatic carbocycles. The van der Waals surface area contributed by atoms with Crippen LogP contribution in [0.15, 0.2) is 0 Å². The van der Waals surface area contributed by atoms with Gasteiger partial charge in [-0.15, -0.1) is 0 Å². The van der Waals surface area contributed by atoms with Gasteiger partial charge in [0, 0.05) is 6.61 Å². The van der Waals surface area contributed by atoms with Gasteiger partial charge in [-0.05, 0) is 32.1 Å². The first-order chi connectivity index (χ1) is 9.62. The van der Waals surface area contributed by atoms with Crippen LogP contribution in [0, 0.1) is 0 Å². The molecule has 21 heavy (non-hydrogen) atoms. The molecule has 0 saturated heterocycles. The summed E-state index contributed by atoms with van der Waals surface area (Å²) < 4.78 is 1.18. The van der Waals surface area contributed by atoms with Gasteiger partial charge in [-0.2, -0.15) is 0 Å². The van der Waals surface area contributed by atoms with E-state index in [9.17, 15) is 0 Å². The highest BCUT2D eigenvalue weighted by molar-refractivity contribution is 4.47. The van der Waals surface area contributed by atoms with Crippen LogP contribution in [0.4, 0.5) is 0 Å². The molecular weight excluding hydrogens is 282 g/mol. The van der Waals surface area contributed by atoms with Crippen LogP contribution in [0.1, 0.15) is 84.0 Å². The van der Waals surface area contributed by atoms with Crippen LogP contribution < -0.4 is 12.4 Å². The smallest absolute Gasteiger partial charge is 0.0782 e. The number of hydrogen-bond donors (Lipinski definition) is 1. The van der Waals surface area contributed by atoms with Gasteiger partial charge in [0.2, 0.25) is 0 Å². The van der Waals surface area contributed by atoms with E-state index in [-0.39, 0.29) is 12.4 Å². The summed E-state index contributed by atoms with van der Waals surface area (Å²) >= 11 is 0. The molecule has 0 aromatic rings. The molecule has 0 rings (SSSR count). The van der Waals surface area contributed by atoms with Crippen LogP contribution >= 0.6 is 0 Å². The topological polar surface area (TPSA) is 20.2 Å². The molecule has 0 amide bonds. The van der Waals surface area contributed by atoms with E-state index in [1.54, 1.807) is 0 Å². The van der Waals surface area contributed by atoms with Gasteiger partial charge >= 0.3 is 0 Å². The van der Waals surface area contributed by atoms with Crippen LogP contribution in [0.3, 0.4) is 0 Å². The van der Waals surface area contributed by atoms with E-state index < -0.39 is 0 Å². The van der Waals surface area contributed by atoms with Crippen LogP contribution in [-0.4, -0.2) is 43.4 Å². The van der Waals surface area contributed by atoms with Crippen LogP contribution in [-0.2, 0) is 0 Å². The largest absolute Gasteiger partial charge is 1.00 e. The number of unbranched alkanes of at least 4 members (excludes halogenated alkanes) is 10. The highest BCUT2D eigenvalue weighted by atomic mass is 35.5. The summed E-state index contributed by atoms with van der Waals surface area (Å²) in [6.45, 7) is 5.26. The van der Waals surface area contributed by atoms with Gasteiger partial charge in [0.1, 0.15) is 0 Å². The van der Waals surface area contributed by atoms with Crippen molar-refractivity contribution in [1.82, 2.24) is 0 Å². The van der Waals surface area contributed by atoms with Crippen molar-refractivity contribution in [3.8, 4) is 0 Å². The lowest BCUT2D eigenvalue weighted by molar-refractivity contribution is -0.890. The molecule has 0 aliphatic carbocycles. The first-order valence-electron chi connectivity index (χ1n) is 9.05. The molecule has 0 fully saturated rings. The third kappa shape index (κ3) is 18.2. The Morgan fingerprint density at radius 1 is 0.619 bits per heavy atom. The van der Waals surface area contributed by atoms with Gasteiger partial charge in [0.05, 0.1) is 27.2 Å². The summed E-state index contributed by atoms with van der Waals surface area (Å²) in [7, 11) is 4.74. The number of aliphatic hydroxyl groups is 1. The summed E-state index contributed by atoms with van der Waals surface area (Å²) in [6, 6.07) is 0. The minimum atomic E-state index is 0. The average molecular weight is 322 g/mol. The number of nitrogens with zero attached hydrogens (tertiary/aromatic N) is 1. The van der Waals surface area contributed by atoms with E-state index in [1.165, 1.54) is 88.2 Å². The number of quaternary nitrogens is 1. The van der Waals surface area contributed by atoms with Crippen molar-refractivity contribution in [2.24, 2.45) is 0 Å². The second-order valence-corrected chi connectivity index (χ2v) is 7.00. The van der Waals surface area contributed by atoms with Gasteiger partial charge in [0.25, 0.3) is 0 Å². The molecule has 0 heterocycles. The number of halogens is 1. The second-order valence-electron chi connectivity index (χ2n) is 7.00. The van der Waals surface area contributed by atoms with Crippen molar-refractivity contribution in [3.63, 3.8) is 0 Å². The van der Waals surface area contributed by atoms with E-state index >= 15 is 0 Å². The lowest BCUT2D eigenvalue weighted by Gasteiger charge is -2.30. The molecule has 0 aromatic heterocycles. The van der Waals surface area contributed by atoms with Crippen molar-refractivity contribution < 1.29 is 22.0 Å². The standard InChI is InChI=1S/C18H40NO.ClH/c1-4-5-6-7-8-9-10-13-16-19(2,3)17-14-11-12-15-18-20;/h20H,4-18H2,1-3H3;1H/q+1;/p-1. The van der Waals surface area contributed by atoms with E-state index in [2.05, 4.69) is 21.0 Å². The third-order valence-electron chi connectivity index (χ3n) is 4.29. The third-order valence-corrected chi connectivity index (χ3v) is 4.29. The van der Waals surface area contributed by atoms with Crippen LogP contribution in [0.5, 0.6) is 0 Å². The van der Waals surface area contributed by atoms with E-state index in [0.29, 0.717) is 6.61 Å². The van der Waals surface area contributed by atoms with Crippen molar-refractivity contribution in [2.45, 2.75) is 84.0 Å². The summed E-state index contributed by atoms with van der Waals surface area (Å²) in [5.41, 5.74) is 0. The molecule has 0 spiro atoms. The maximum absolute atomic E-state index is 8.76. The van der Waals surface area contributed by atoms with Crippen LogP contribution in [0.2, 0.25) is 0 Å². The lowest BCUT2D eigenvalue weighted by atomic mass is 10.1.